The predicted octanol–water partition coefficient (Wildman–Crippen LogP) is 3.96. The molecule has 0 bridgehead atoms. The number of rotatable bonds is 7. The first kappa shape index (κ1) is 17.3. The summed E-state index contributed by atoms with van der Waals surface area (Å²) in [5.74, 6) is 1.96. The van der Waals surface area contributed by atoms with E-state index in [0.717, 1.165) is 29.5 Å². The van der Waals surface area contributed by atoms with Crippen LogP contribution in [-0.4, -0.2) is 38.4 Å². The van der Waals surface area contributed by atoms with Crippen molar-refractivity contribution in [3.63, 3.8) is 0 Å². The van der Waals surface area contributed by atoms with Crippen molar-refractivity contribution in [3.8, 4) is 5.69 Å². The Bertz CT molecular complexity index is 872. The van der Waals surface area contributed by atoms with Crippen molar-refractivity contribution in [3.05, 3.63) is 58.5 Å². The van der Waals surface area contributed by atoms with Crippen molar-refractivity contribution in [2.24, 2.45) is 0 Å². The number of carbonyl (C=O) groups excluding carboxylic acids is 1. The lowest BCUT2D eigenvalue weighted by molar-refractivity contribution is -0.127. The standard InChI is InChI=1S/C19H20N4OS2/c1-22(12-16-8-5-11-25-16)17(24)13-26-19-21-20-18(14-9-10-14)23(19)15-6-3-2-4-7-15/h2-8,11,14H,9-10,12-13H2,1H3. The van der Waals surface area contributed by atoms with Crippen molar-refractivity contribution in [1.82, 2.24) is 19.7 Å². The summed E-state index contributed by atoms with van der Waals surface area (Å²) in [5.41, 5.74) is 1.06. The fraction of sp³-hybridized carbons (Fsp3) is 0.316. The smallest absolute Gasteiger partial charge is 0.233 e. The summed E-state index contributed by atoms with van der Waals surface area (Å²) in [5, 5.41) is 11.6. The third kappa shape index (κ3) is 3.83. The molecule has 1 amide bonds. The molecule has 1 aliphatic rings. The van der Waals surface area contributed by atoms with Gasteiger partial charge in [0.1, 0.15) is 5.82 Å². The van der Waals surface area contributed by atoms with Crippen LogP contribution in [0.25, 0.3) is 5.69 Å². The normalized spacial score (nSPS) is 13.7. The first-order valence-electron chi connectivity index (χ1n) is 8.62. The quantitative estimate of drug-likeness (QED) is 0.579. The Labute approximate surface area is 161 Å². The lowest BCUT2D eigenvalue weighted by Gasteiger charge is -2.16. The van der Waals surface area contributed by atoms with Crippen LogP contribution in [0.2, 0.25) is 0 Å². The molecule has 0 saturated heterocycles. The number of aromatic nitrogens is 3. The van der Waals surface area contributed by atoms with E-state index in [1.165, 1.54) is 16.6 Å². The predicted molar refractivity (Wildman–Crippen MR) is 105 cm³/mol. The zero-order valence-corrected chi connectivity index (χ0v) is 16.2. The minimum Gasteiger partial charge on any atom is -0.340 e. The van der Waals surface area contributed by atoms with E-state index in [9.17, 15) is 4.79 Å². The number of amides is 1. The van der Waals surface area contributed by atoms with Crippen LogP contribution in [-0.2, 0) is 11.3 Å². The van der Waals surface area contributed by atoms with Gasteiger partial charge in [0, 0.05) is 23.5 Å². The summed E-state index contributed by atoms with van der Waals surface area (Å²) in [6.45, 7) is 0.649. The summed E-state index contributed by atoms with van der Waals surface area (Å²) in [4.78, 5) is 15.5. The number of para-hydroxylation sites is 1. The van der Waals surface area contributed by atoms with Crippen molar-refractivity contribution in [2.75, 3.05) is 12.8 Å². The highest BCUT2D eigenvalue weighted by Gasteiger charge is 2.31. The average molecular weight is 385 g/mol. The van der Waals surface area contributed by atoms with Crippen LogP contribution in [0.5, 0.6) is 0 Å². The SMILES string of the molecule is CN(Cc1cccs1)C(=O)CSc1nnc(C2CC2)n1-c1ccccc1. The maximum absolute atomic E-state index is 12.5. The van der Waals surface area contributed by atoms with Crippen molar-refractivity contribution in [2.45, 2.75) is 30.5 Å². The van der Waals surface area contributed by atoms with Crippen LogP contribution in [0.4, 0.5) is 0 Å². The minimum atomic E-state index is 0.0963. The molecule has 2 aromatic heterocycles. The number of thioether (sulfide) groups is 1. The molecule has 3 aromatic rings. The fourth-order valence-corrected chi connectivity index (χ4v) is 4.42. The van der Waals surface area contributed by atoms with E-state index in [1.54, 1.807) is 16.2 Å². The van der Waals surface area contributed by atoms with E-state index in [1.807, 2.05) is 36.7 Å². The highest BCUT2D eigenvalue weighted by atomic mass is 32.2. The third-order valence-corrected chi connectivity index (χ3v) is 6.11. The topological polar surface area (TPSA) is 51.0 Å². The molecule has 1 saturated carbocycles. The van der Waals surface area contributed by atoms with Gasteiger partial charge in [0.2, 0.25) is 5.91 Å². The van der Waals surface area contributed by atoms with Gasteiger partial charge in [0.15, 0.2) is 5.16 Å². The molecule has 1 fully saturated rings. The molecule has 0 unspecified atom stereocenters. The van der Waals surface area contributed by atoms with E-state index < -0.39 is 0 Å². The molecular weight excluding hydrogens is 364 g/mol. The van der Waals surface area contributed by atoms with Gasteiger partial charge in [-0.1, -0.05) is 36.0 Å². The van der Waals surface area contributed by atoms with Crippen LogP contribution < -0.4 is 0 Å². The number of hydrogen-bond acceptors (Lipinski definition) is 5. The molecule has 7 heteroatoms. The summed E-state index contributed by atoms with van der Waals surface area (Å²) < 4.78 is 2.11. The molecule has 2 heterocycles. The highest BCUT2D eigenvalue weighted by molar-refractivity contribution is 7.99. The minimum absolute atomic E-state index is 0.0963. The summed E-state index contributed by atoms with van der Waals surface area (Å²) >= 11 is 3.13. The van der Waals surface area contributed by atoms with Gasteiger partial charge >= 0.3 is 0 Å². The molecule has 5 nitrogen and oxygen atoms in total. The van der Waals surface area contributed by atoms with Crippen molar-refractivity contribution in [1.29, 1.82) is 0 Å². The van der Waals surface area contributed by atoms with Gasteiger partial charge in [0.05, 0.1) is 12.3 Å². The van der Waals surface area contributed by atoms with E-state index in [-0.39, 0.29) is 5.91 Å². The van der Waals surface area contributed by atoms with Gasteiger partial charge in [-0.15, -0.1) is 21.5 Å². The average Bonchev–Trinajstić information content (AvgIpc) is 3.21. The fourth-order valence-electron chi connectivity index (χ4n) is 2.76. The Hall–Kier alpha value is -2.12. The van der Waals surface area contributed by atoms with Crippen molar-refractivity contribution < 1.29 is 4.79 Å². The van der Waals surface area contributed by atoms with Crippen LogP contribution in [0, 0.1) is 0 Å². The molecule has 26 heavy (non-hydrogen) atoms. The molecule has 1 aliphatic carbocycles. The second-order valence-electron chi connectivity index (χ2n) is 6.40. The van der Waals surface area contributed by atoms with Gasteiger partial charge in [0.25, 0.3) is 0 Å². The molecule has 0 N–H and O–H groups in total. The monoisotopic (exact) mass is 384 g/mol. The number of carbonyl (C=O) groups is 1. The Morgan fingerprint density at radius 1 is 1.23 bits per heavy atom. The second-order valence-corrected chi connectivity index (χ2v) is 8.38. The Kier molecular flexibility index (Phi) is 5.08. The maximum Gasteiger partial charge on any atom is 0.233 e. The van der Waals surface area contributed by atoms with Crippen LogP contribution in [0.15, 0.2) is 53.0 Å². The third-order valence-electron chi connectivity index (χ3n) is 4.34. The van der Waals surface area contributed by atoms with E-state index in [2.05, 4.69) is 33.0 Å². The van der Waals surface area contributed by atoms with Crippen molar-refractivity contribution >= 4 is 29.0 Å². The Balaban J connectivity index is 1.47. The molecule has 0 aliphatic heterocycles. The van der Waals surface area contributed by atoms with Crippen LogP contribution >= 0.6 is 23.1 Å². The number of benzene rings is 1. The summed E-state index contributed by atoms with van der Waals surface area (Å²) in [6.07, 6.45) is 2.33. The lowest BCUT2D eigenvalue weighted by Crippen LogP contribution is -2.27. The molecule has 1 aromatic carbocycles. The maximum atomic E-state index is 12.5. The van der Waals surface area contributed by atoms with Gasteiger partial charge in [-0.25, -0.2) is 0 Å². The van der Waals surface area contributed by atoms with Crippen LogP contribution in [0.1, 0.15) is 29.5 Å². The number of nitrogens with zero attached hydrogens (tertiary/aromatic N) is 4. The molecule has 4 rings (SSSR count). The van der Waals surface area contributed by atoms with Gasteiger partial charge in [-0.2, -0.15) is 0 Å². The zero-order valence-electron chi connectivity index (χ0n) is 14.5. The first-order valence-corrected chi connectivity index (χ1v) is 10.5. The van der Waals surface area contributed by atoms with E-state index in [0.29, 0.717) is 18.2 Å². The highest BCUT2D eigenvalue weighted by Crippen LogP contribution is 2.41. The number of hydrogen-bond donors (Lipinski definition) is 0. The first-order chi connectivity index (χ1) is 12.7. The largest absolute Gasteiger partial charge is 0.340 e. The van der Waals surface area contributed by atoms with Crippen LogP contribution in [0.3, 0.4) is 0 Å². The molecule has 0 atom stereocenters. The Morgan fingerprint density at radius 3 is 2.73 bits per heavy atom. The summed E-state index contributed by atoms with van der Waals surface area (Å²) in [6, 6.07) is 14.2. The second kappa shape index (κ2) is 7.63. The molecular formula is C19H20N4OS2. The summed E-state index contributed by atoms with van der Waals surface area (Å²) in [7, 11) is 1.85. The Morgan fingerprint density at radius 2 is 2.04 bits per heavy atom. The zero-order chi connectivity index (χ0) is 17.9. The lowest BCUT2D eigenvalue weighted by atomic mass is 10.3. The van der Waals surface area contributed by atoms with Gasteiger partial charge in [-0.3, -0.25) is 9.36 Å². The molecule has 0 radical (unpaired) electrons. The van der Waals surface area contributed by atoms with Gasteiger partial charge < -0.3 is 4.90 Å². The van der Waals surface area contributed by atoms with Gasteiger partial charge in [-0.05, 0) is 36.4 Å². The van der Waals surface area contributed by atoms with E-state index >= 15 is 0 Å². The molecule has 134 valence electrons. The van der Waals surface area contributed by atoms with E-state index in [4.69, 9.17) is 0 Å². The number of thiophene rings is 1. The molecule has 0 spiro atoms.